The summed E-state index contributed by atoms with van der Waals surface area (Å²) in [5.74, 6) is 0.298. The summed E-state index contributed by atoms with van der Waals surface area (Å²) in [6.07, 6.45) is 2.96. The lowest BCUT2D eigenvalue weighted by Gasteiger charge is -2.22. The standard InChI is InChI=1S/C18H18O/c1-18(19)13-16(14-8-4-2-5-9-14)12-17(18)15-10-6-3-7-11-15/h2-12,16,19H,13H2,1H3/t16-,18-/m0/s1. The summed E-state index contributed by atoms with van der Waals surface area (Å²) in [5, 5.41) is 10.7. The van der Waals surface area contributed by atoms with Gasteiger partial charge >= 0.3 is 0 Å². The molecule has 2 aromatic rings. The average Bonchev–Trinajstić information content (AvgIpc) is 2.77. The lowest BCUT2D eigenvalue weighted by atomic mass is 9.90. The van der Waals surface area contributed by atoms with Gasteiger partial charge < -0.3 is 5.11 Å². The molecule has 0 aliphatic heterocycles. The molecule has 2 aromatic carbocycles. The van der Waals surface area contributed by atoms with E-state index < -0.39 is 5.60 Å². The van der Waals surface area contributed by atoms with Crippen LogP contribution >= 0.6 is 0 Å². The minimum absolute atomic E-state index is 0.298. The van der Waals surface area contributed by atoms with Crippen LogP contribution in [0.15, 0.2) is 66.7 Å². The van der Waals surface area contributed by atoms with Crippen LogP contribution in [0, 0.1) is 0 Å². The maximum Gasteiger partial charge on any atom is 0.0880 e. The SMILES string of the molecule is C[C@]1(O)C[C@@H](c2ccccc2)C=C1c1ccccc1. The van der Waals surface area contributed by atoms with E-state index in [0.29, 0.717) is 5.92 Å². The van der Waals surface area contributed by atoms with Gasteiger partial charge in [0.1, 0.15) is 0 Å². The highest BCUT2D eigenvalue weighted by atomic mass is 16.3. The molecule has 96 valence electrons. The highest BCUT2D eigenvalue weighted by Gasteiger charge is 2.36. The van der Waals surface area contributed by atoms with Gasteiger partial charge in [-0.2, -0.15) is 0 Å². The fraction of sp³-hybridized carbons (Fsp3) is 0.222. The Morgan fingerprint density at radius 1 is 0.947 bits per heavy atom. The fourth-order valence-corrected chi connectivity index (χ4v) is 2.92. The molecule has 2 atom stereocenters. The zero-order valence-corrected chi connectivity index (χ0v) is 11.1. The first kappa shape index (κ1) is 12.2. The molecule has 1 N–H and O–H groups in total. The summed E-state index contributed by atoms with van der Waals surface area (Å²) in [6.45, 7) is 1.91. The Morgan fingerprint density at radius 2 is 1.53 bits per heavy atom. The van der Waals surface area contributed by atoms with Crippen molar-refractivity contribution in [1.82, 2.24) is 0 Å². The number of rotatable bonds is 2. The van der Waals surface area contributed by atoms with Crippen molar-refractivity contribution in [1.29, 1.82) is 0 Å². The maximum atomic E-state index is 10.7. The van der Waals surface area contributed by atoms with E-state index in [1.54, 1.807) is 0 Å². The predicted octanol–water partition coefficient (Wildman–Crippen LogP) is 4.01. The third-order valence-electron chi connectivity index (χ3n) is 3.88. The van der Waals surface area contributed by atoms with Gasteiger partial charge in [0.25, 0.3) is 0 Å². The fourth-order valence-electron chi connectivity index (χ4n) is 2.92. The molecule has 1 heteroatoms. The zero-order valence-electron chi connectivity index (χ0n) is 11.1. The van der Waals surface area contributed by atoms with Gasteiger partial charge in [-0.3, -0.25) is 0 Å². The Morgan fingerprint density at radius 3 is 2.16 bits per heavy atom. The Kier molecular flexibility index (Phi) is 3.00. The van der Waals surface area contributed by atoms with Crippen LogP contribution in [0.2, 0.25) is 0 Å². The van der Waals surface area contributed by atoms with Gasteiger partial charge in [0.15, 0.2) is 0 Å². The van der Waals surface area contributed by atoms with Crippen molar-refractivity contribution in [2.24, 2.45) is 0 Å². The summed E-state index contributed by atoms with van der Waals surface area (Å²) in [6, 6.07) is 20.6. The third-order valence-corrected chi connectivity index (χ3v) is 3.88. The molecular formula is C18H18O. The number of hydrogen-bond acceptors (Lipinski definition) is 1. The Balaban J connectivity index is 1.99. The van der Waals surface area contributed by atoms with Crippen molar-refractivity contribution >= 4 is 5.57 Å². The molecule has 0 saturated heterocycles. The van der Waals surface area contributed by atoms with Crippen molar-refractivity contribution in [2.75, 3.05) is 0 Å². The molecule has 0 amide bonds. The quantitative estimate of drug-likeness (QED) is 0.854. The van der Waals surface area contributed by atoms with E-state index in [1.807, 2.05) is 31.2 Å². The van der Waals surface area contributed by atoms with E-state index in [1.165, 1.54) is 5.56 Å². The third kappa shape index (κ3) is 2.34. The largest absolute Gasteiger partial charge is 0.385 e. The van der Waals surface area contributed by atoms with Crippen LogP contribution in [0.25, 0.3) is 5.57 Å². The van der Waals surface area contributed by atoms with Crippen LogP contribution in [0.3, 0.4) is 0 Å². The summed E-state index contributed by atoms with van der Waals surface area (Å²) < 4.78 is 0. The first-order chi connectivity index (χ1) is 9.17. The summed E-state index contributed by atoms with van der Waals surface area (Å²) in [7, 11) is 0. The Hall–Kier alpha value is -1.86. The van der Waals surface area contributed by atoms with Crippen LogP contribution in [0.1, 0.15) is 30.4 Å². The van der Waals surface area contributed by atoms with Crippen LogP contribution < -0.4 is 0 Å². The number of benzene rings is 2. The van der Waals surface area contributed by atoms with Crippen LogP contribution in [0.4, 0.5) is 0 Å². The second-order valence-corrected chi connectivity index (χ2v) is 5.44. The van der Waals surface area contributed by atoms with Gasteiger partial charge in [-0.05, 0) is 30.0 Å². The van der Waals surface area contributed by atoms with Gasteiger partial charge in [0, 0.05) is 5.92 Å². The molecule has 0 aromatic heterocycles. The zero-order chi connectivity index (χ0) is 13.3. The second-order valence-electron chi connectivity index (χ2n) is 5.44. The van der Waals surface area contributed by atoms with Gasteiger partial charge in [-0.15, -0.1) is 0 Å². The molecule has 0 unspecified atom stereocenters. The molecular weight excluding hydrogens is 232 g/mol. The van der Waals surface area contributed by atoms with E-state index in [9.17, 15) is 5.11 Å². The summed E-state index contributed by atoms with van der Waals surface area (Å²) >= 11 is 0. The molecule has 1 nitrogen and oxygen atoms in total. The Bertz CT molecular complexity index is 582. The van der Waals surface area contributed by atoms with Gasteiger partial charge in [0.2, 0.25) is 0 Å². The highest BCUT2D eigenvalue weighted by molar-refractivity contribution is 5.75. The molecule has 0 heterocycles. The number of hydrogen-bond donors (Lipinski definition) is 1. The molecule has 0 spiro atoms. The molecule has 19 heavy (non-hydrogen) atoms. The monoisotopic (exact) mass is 250 g/mol. The lowest BCUT2D eigenvalue weighted by Crippen LogP contribution is -2.22. The summed E-state index contributed by atoms with van der Waals surface area (Å²) in [4.78, 5) is 0. The normalized spacial score (nSPS) is 26.2. The van der Waals surface area contributed by atoms with E-state index in [2.05, 4.69) is 42.5 Å². The number of aliphatic hydroxyl groups is 1. The van der Waals surface area contributed by atoms with Crippen molar-refractivity contribution in [3.05, 3.63) is 77.9 Å². The maximum absolute atomic E-state index is 10.7. The van der Waals surface area contributed by atoms with E-state index in [-0.39, 0.29) is 0 Å². The van der Waals surface area contributed by atoms with E-state index in [0.717, 1.165) is 17.6 Å². The predicted molar refractivity (Wildman–Crippen MR) is 78.8 cm³/mol. The highest BCUT2D eigenvalue weighted by Crippen LogP contribution is 2.44. The molecule has 1 aliphatic rings. The van der Waals surface area contributed by atoms with Gasteiger partial charge in [0.05, 0.1) is 5.60 Å². The molecule has 0 fully saturated rings. The van der Waals surface area contributed by atoms with Crippen LogP contribution in [-0.2, 0) is 0 Å². The molecule has 0 bridgehead atoms. The average molecular weight is 250 g/mol. The molecule has 1 aliphatic carbocycles. The van der Waals surface area contributed by atoms with E-state index >= 15 is 0 Å². The Labute approximate surface area is 114 Å². The smallest absolute Gasteiger partial charge is 0.0880 e. The second kappa shape index (κ2) is 4.67. The number of allylic oxidation sites excluding steroid dienone is 1. The van der Waals surface area contributed by atoms with Crippen molar-refractivity contribution < 1.29 is 5.11 Å². The van der Waals surface area contributed by atoms with Crippen LogP contribution in [0.5, 0.6) is 0 Å². The van der Waals surface area contributed by atoms with Gasteiger partial charge in [-0.1, -0.05) is 66.7 Å². The topological polar surface area (TPSA) is 20.2 Å². The minimum atomic E-state index is -0.748. The van der Waals surface area contributed by atoms with Gasteiger partial charge in [-0.25, -0.2) is 0 Å². The van der Waals surface area contributed by atoms with E-state index in [4.69, 9.17) is 0 Å². The lowest BCUT2D eigenvalue weighted by molar-refractivity contribution is 0.117. The molecule has 3 rings (SSSR count). The van der Waals surface area contributed by atoms with Crippen molar-refractivity contribution in [3.63, 3.8) is 0 Å². The minimum Gasteiger partial charge on any atom is -0.385 e. The van der Waals surface area contributed by atoms with Crippen LogP contribution in [-0.4, -0.2) is 10.7 Å². The first-order valence-electron chi connectivity index (χ1n) is 6.72. The molecule has 0 radical (unpaired) electrons. The summed E-state index contributed by atoms with van der Waals surface area (Å²) in [5.41, 5.74) is 2.68. The molecule has 0 saturated carbocycles. The van der Waals surface area contributed by atoms with Crippen molar-refractivity contribution in [2.45, 2.75) is 24.9 Å². The van der Waals surface area contributed by atoms with Crippen molar-refractivity contribution in [3.8, 4) is 0 Å². The first-order valence-corrected chi connectivity index (χ1v) is 6.72.